The molecule has 1 saturated carbocycles. The Bertz CT molecular complexity index is 1150. The second-order valence-corrected chi connectivity index (χ2v) is 11.5. The van der Waals surface area contributed by atoms with Gasteiger partial charge < -0.3 is 15.0 Å². The van der Waals surface area contributed by atoms with Crippen molar-refractivity contribution in [3.8, 4) is 5.75 Å². The molecule has 0 aliphatic heterocycles. The van der Waals surface area contributed by atoms with Crippen molar-refractivity contribution in [3.05, 3.63) is 59.1 Å². The lowest BCUT2D eigenvalue weighted by Crippen LogP contribution is -2.53. The van der Waals surface area contributed by atoms with Gasteiger partial charge in [0.1, 0.15) is 18.3 Å². The fourth-order valence-electron chi connectivity index (χ4n) is 4.38. The minimum Gasteiger partial charge on any atom is -0.495 e. The lowest BCUT2D eigenvalue weighted by molar-refractivity contribution is -0.139. The fraction of sp³-hybridized carbons (Fsp3) is 0.462. The van der Waals surface area contributed by atoms with Crippen molar-refractivity contribution in [1.29, 1.82) is 0 Å². The molecule has 2 aromatic carbocycles. The fourth-order valence-corrected chi connectivity index (χ4v) is 5.40. The number of carbonyl (C=O) groups excluding carboxylic acids is 2. The number of ether oxygens (including phenoxy) is 1. The Hall–Kier alpha value is -2.78. The topological polar surface area (TPSA) is 96.0 Å². The van der Waals surface area contributed by atoms with Gasteiger partial charge in [0, 0.05) is 17.6 Å². The monoisotopic (exact) mass is 535 g/mol. The van der Waals surface area contributed by atoms with Gasteiger partial charge in [-0.2, -0.15) is 0 Å². The van der Waals surface area contributed by atoms with Crippen LogP contribution >= 0.6 is 11.6 Å². The molecule has 0 saturated heterocycles. The van der Waals surface area contributed by atoms with Crippen LogP contribution in [0.1, 0.15) is 44.6 Å². The number of nitrogens with zero attached hydrogens (tertiary/aromatic N) is 2. The zero-order chi connectivity index (χ0) is 26.3. The van der Waals surface area contributed by atoms with Crippen LogP contribution in [0.2, 0.25) is 5.02 Å². The van der Waals surface area contributed by atoms with E-state index in [0.717, 1.165) is 48.2 Å². The van der Waals surface area contributed by atoms with Crippen molar-refractivity contribution in [2.45, 2.75) is 57.7 Å². The first-order valence-electron chi connectivity index (χ1n) is 12.0. The Labute approximate surface area is 218 Å². The molecule has 196 valence electrons. The van der Waals surface area contributed by atoms with Crippen LogP contribution in [0, 0.1) is 0 Å². The number of nitrogens with one attached hydrogen (secondary N) is 1. The number of amides is 2. The zero-order valence-electron chi connectivity index (χ0n) is 20.9. The highest BCUT2D eigenvalue weighted by Gasteiger charge is 2.32. The maximum Gasteiger partial charge on any atom is 0.244 e. The van der Waals surface area contributed by atoms with Crippen molar-refractivity contribution in [1.82, 2.24) is 10.2 Å². The average molecular weight is 536 g/mol. The van der Waals surface area contributed by atoms with Gasteiger partial charge in [-0.3, -0.25) is 13.9 Å². The summed E-state index contributed by atoms with van der Waals surface area (Å²) in [6.07, 6.45) is 6.15. The third-order valence-electron chi connectivity index (χ3n) is 6.40. The highest BCUT2D eigenvalue weighted by molar-refractivity contribution is 7.92. The molecule has 36 heavy (non-hydrogen) atoms. The van der Waals surface area contributed by atoms with Crippen molar-refractivity contribution < 1.29 is 22.7 Å². The number of anilines is 1. The van der Waals surface area contributed by atoms with Crippen LogP contribution in [0.15, 0.2) is 48.5 Å². The quantitative estimate of drug-likeness (QED) is 0.496. The Balaban J connectivity index is 1.90. The Morgan fingerprint density at radius 3 is 2.39 bits per heavy atom. The van der Waals surface area contributed by atoms with E-state index in [1.54, 1.807) is 19.1 Å². The second-order valence-electron chi connectivity index (χ2n) is 9.11. The molecule has 10 heteroatoms. The summed E-state index contributed by atoms with van der Waals surface area (Å²) in [4.78, 5) is 28.3. The summed E-state index contributed by atoms with van der Waals surface area (Å²) < 4.78 is 31.8. The van der Waals surface area contributed by atoms with Gasteiger partial charge >= 0.3 is 0 Å². The molecule has 2 amide bonds. The molecule has 0 aromatic heterocycles. The standard InChI is InChI=1S/C26H34ClN3O5S/c1-19(26(32)28-22-12-8-5-9-13-22)29(17-20-10-6-4-7-11-20)25(31)18-30(36(3,33)34)23-16-21(27)14-15-24(23)35-2/h4,6-7,10-11,14-16,19,22H,5,8-9,12-13,17-18H2,1-3H3,(H,28,32). The molecule has 1 unspecified atom stereocenters. The molecule has 0 spiro atoms. The summed E-state index contributed by atoms with van der Waals surface area (Å²) in [6.45, 7) is 1.32. The number of rotatable bonds is 10. The summed E-state index contributed by atoms with van der Waals surface area (Å²) in [6, 6.07) is 13.1. The summed E-state index contributed by atoms with van der Waals surface area (Å²) in [5, 5.41) is 3.38. The lowest BCUT2D eigenvalue weighted by atomic mass is 9.95. The highest BCUT2D eigenvalue weighted by Crippen LogP contribution is 2.33. The molecule has 2 aromatic rings. The molecule has 0 heterocycles. The molecule has 1 aliphatic carbocycles. The van der Waals surface area contributed by atoms with E-state index in [0.29, 0.717) is 5.02 Å². The molecule has 8 nitrogen and oxygen atoms in total. The lowest BCUT2D eigenvalue weighted by Gasteiger charge is -2.33. The van der Waals surface area contributed by atoms with E-state index < -0.39 is 28.5 Å². The van der Waals surface area contributed by atoms with Gasteiger partial charge in [-0.25, -0.2) is 8.42 Å². The Morgan fingerprint density at radius 2 is 1.78 bits per heavy atom. The molecular weight excluding hydrogens is 502 g/mol. The number of hydrogen-bond donors (Lipinski definition) is 1. The van der Waals surface area contributed by atoms with Crippen LogP contribution in [0.25, 0.3) is 0 Å². The van der Waals surface area contributed by atoms with E-state index in [-0.39, 0.29) is 29.9 Å². The molecule has 3 rings (SSSR count). The normalized spacial score (nSPS) is 15.1. The number of benzene rings is 2. The van der Waals surface area contributed by atoms with Crippen LogP contribution in [0.4, 0.5) is 5.69 Å². The predicted octanol–water partition coefficient (Wildman–Crippen LogP) is 3.98. The predicted molar refractivity (Wildman–Crippen MR) is 142 cm³/mol. The van der Waals surface area contributed by atoms with Gasteiger partial charge in [0.2, 0.25) is 21.8 Å². The summed E-state index contributed by atoms with van der Waals surface area (Å²) >= 11 is 6.13. The van der Waals surface area contributed by atoms with Gasteiger partial charge in [0.25, 0.3) is 0 Å². The van der Waals surface area contributed by atoms with Crippen molar-refractivity contribution in [3.63, 3.8) is 0 Å². The van der Waals surface area contributed by atoms with E-state index in [1.807, 2.05) is 30.3 Å². The second kappa shape index (κ2) is 12.5. The minimum atomic E-state index is -3.89. The van der Waals surface area contributed by atoms with E-state index in [9.17, 15) is 18.0 Å². The Kier molecular flexibility index (Phi) is 9.62. The molecular formula is C26H34ClN3O5S. The third kappa shape index (κ3) is 7.36. The first-order chi connectivity index (χ1) is 17.1. The average Bonchev–Trinajstić information content (AvgIpc) is 2.85. The van der Waals surface area contributed by atoms with Gasteiger partial charge in [-0.1, -0.05) is 61.2 Å². The van der Waals surface area contributed by atoms with E-state index in [1.165, 1.54) is 18.1 Å². The minimum absolute atomic E-state index is 0.0885. The van der Waals surface area contributed by atoms with E-state index in [2.05, 4.69) is 5.32 Å². The van der Waals surface area contributed by atoms with Gasteiger partial charge in [0.05, 0.1) is 19.1 Å². The number of carbonyl (C=O) groups is 2. The first kappa shape index (κ1) is 27.8. The molecule has 1 N–H and O–H groups in total. The van der Waals surface area contributed by atoms with E-state index in [4.69, 9.17) is 16.3 Å². The summed E-state index contributed by atoms with van der Waals surface area (Å²) in [5.41, 5.74) is 0.981. The Morgan fingerprint density at radius 1 is 1.11 bits per heavy atom. The van der Waals surface area contributed by atoms with Crippen LogP contribution in [-0.4, -0.2) is 57.1 Å². The van der Waals surface area contributed by atoms with Crippen molar-refractivity contribution >= 4 is 39.1 Å². The summed E-state index contributed by atoms with van der Waals surface area (Å²) in [7, 11) is -2.48. The largest absolute Gasteiger partial charge is 0.495 e. The number of halogens is 1. The molecule has 0 bridgehead atoms. The van der Waals surface area contributed by atoms with Crippen LogP contribution in [-0.2, 0) is 26.2 Å². The smallest absolute Gasteiger partial charge is 0.244 e. The van der Waals surface area contributed by atoms with E-state index >= 15 is 0 Å². The van der Waals surface area contributed by atoms with Crippen LogP contribution in [0.3, 0.4) is 0 Å². The number of methoxy groups -OCH3 is 1. The zero-order valence-corrected chi connectivity index (χ0v) is 22.5. The molecule has 1 atom stereocenters. The highest BCUT2D eigenvalue weighted by atomic mass is 35.5. The van der Waals surface area contributed by atoms with Crippen LogP contribution in [0.5, 0.6) is 5.75 Å². The van der Waals surface area contributed by atoms with Gasteiger partial charge in [0.15, 0.2) is 0 Å². The molecule has 1 aliphatic rings. The molecule has 1 fully saturated rings. The maximum atomic E-state index is 13.7. The van der Waals surface area contributed by atoms with Gasteiger partial charge in [-0.15, -0.1) is 0 Å². The SMILES string of the molecule is COc1ccc(Cl)cc1N(CC(=O)N(Cc1ccccc1)C(C)C(=O)NC1CCCCC1)S(C)(=O)=O. The van der Waals surface area contributed by atoms with Crippen molar-refractivity contribution in [2.24, 2.45) is 0 Å². The summed E-state index contributed by atoms with van der Waals surface area (Å²) in [5.74, 6) is -0.509. The van der Waals surface area contributed by atoms with Crippen molar-refractivity contribution in [2.75, 3.05) is 24.2 Å². The molecule has 0 radical (unpaired) electrons. The number of hydrogen-bond acceptors (Lipinski definition) is 5. The number of sulfonamides is 1. The third-order valence-corrected chi connectivity index (χ3v) is 7.76. The maximum absolute atomic E-state index is 13.7. The van der Waals surface area contributed by atoms with Gasteiger partial charge in [-0.05, 0) is 43.5 Å². The van der Waals surface area contributed by atoms with Crippen LogP contribution < -0.4 is 14.4 Å². The first-order valence-corrected chi connectivity index (χ1v) is 14.3.